The van der Waals surface area contributed by atoms with Crippen LogP contribution in [0.1, 0.15) is 16.2 Å². The lowest BCUT2D eigenvalue weighted by atomic mass is 10.2. The molecule has 0 aliphatic rings. The van der Waals surface area contributed by atoms with Gasteiger partial charge in [0, 0.05) is 5.69 Å². The summed E-state index contributed by atoms with van der Waals surface area (Å²) in [6, 6.07) is 6.49. The third kappa shape index (κ3) is 3.36. The van der Waals surface area contributed by atoms with Crippen LogP contribution in [0, 0.1) is 0 Å². The van der Waals surface area contributed by atoms with Crippen molar-refractivity contribution in [3.05, 3.63) is 35.7 Å². The molecule has 0 radical (unpaired) electrons. The average Bonchev–Trinajstić information content (AvgIpc) is 2.53. The van der Waals surface area contributed by atoms with Gasteiger partial charge in [0.1, 0.15) is 0 Å². The monoisotopic (exact) mass is 303 g/mol. The average molecular weight is 303 g/mol. The summed E-state index contributed by atoms with van der Waals surface area (Å²) >= 11 is 0. The van der Waals surface area contributed by atoms with E-state index in [0.717, 1.165) is 0 Å². The number of hydrogen-bond donors (Lipinski definition) is 4. The lowest BCUT2D eigenvalue weighted by molar-refractivity contribution is 0.0601. The summed E-state index contributed by atoms with van der Waals surface area (Å²) in [5.41, 5.74) is 11.8. The van der Waals surface area contributed by atoms with E-state index in [4.69, 9.17) is 16.7 Å². The number of nitrogen functional groups attached to an aromatic ring is 1. The van der Waals surface area contributed by atoms with E-state index in [0.29, 0.717) is 11.3 Å². The Kier molecular flexibility index (Phi) is 4.32. The van der Waals surface area contributed by atoms with Crippen molar-refractivity contribution in [2.75, 3.05) is 18.2 Å². The molecule has 2 rings (SSSR count). The number of nitrogens with zero attached hydrogens (tertiary/aromatic N) is 4. The Morgan fingerprint density at radius 2 is 2.14 bits per heavy atom. The van der Waals surface area contributed by atoms with Gasteiger partial charge in [0.15, 0.2) is 0 Å². The minimum absolute atomic E-state index is 0.0797. The van der Waals surface area contributed by atoms with Gasteiger partial charge in [0.2, 0.25) is 23.6 Å². The Balaban J connectivity index is 2.31. The smallest absolute Gasteiger partial charge is 0.337 e. The van der Waals surface area contributed by atoms with Crippen LogP contribution in [0.5, 0.6) is 0 Å². The van der Waals surface area contributed by atoms with Crippen LogP contribution in [0.4, 0.5) is 17.6 Å². The highest BCUT2D eigenvalue weighted by Crippen LogP contribution is 2.16. The molecule has 0 aliphatic carbocycles. The number of nitrogens with two attached hydrogens (primary N) is 2. The second kappa shape index (κ2) is 6.35. The lowest BCUT2D eigenvalue weighted by Gasteiger charge is -2.07. The number of carbonyl (C=O) groups excluding carboxylic acids is 1. The molecule has 22 heavy (non-hydrogen) atoms. The molecule has 10 nitrogen and oxygen atoms in total. The minimum atomic E-state index is -0.476. The number of methoxy groups -OCH3 is 1. The van der Waals surface area contributed by atoms with Crippen LogP contribution in [0.25, 0.3) is 0 Å². The zero-order valence-corrected chi connectivity index (χ0v) is 11.5. The van der Waals surface area contributed by atoms with Crippen molar-refractivity contribution in [3.8, 4) is 0 Å². The van der Waals surface area contributed by atoms with Gasteiger partial charge in [-0.15, -0.1) is 0 Å². The van der Waals surface area contributed by atoms with E-state index >= 15 is 0 Å². The molecule has 1 aromatic carbocycles. The van der Waals surface area contributed by atoms with Crippen molar-refractivity contribution in [1.82, 2.24) is 15.0 Å². The summed E-state index contributed by atoms with van der Waals surface area (Å²) < 4.78 is 4.64. The van der Waals surface area contributed by atoms with E-state index in [1.165, 1.54) is 7.11 Å². The first-order valence-electron chi connectivity index (χ1n) is 5.98. The topological polar surface area (TPSA) is 162 Å². The Labute approximate surface area is 124 Å². The fourth-order valence-corrected chi connectivity index (χ4v) is 1.58. The molecule has 0 saturated heterocycles. The quantitative estimate of drug-likeness (QED) is 0.201. The zero-order chi connectivity index (χ0) is 16.1. The van der Waals surface area contributed by atoms with Gasteiger partial charge in [-0.25, -0.2) is 4.79 Å². The van der Waals surface area contributed by atoms with E-state index in [-0.39, 0.29) is 23.6 Å². The Hall–Kier alpha value is -3.43. The molecule has 0 saturated carbocycles. The van der Waals surface area contributed by atoms with Gasteiger partial charge in [-0.3, -0.25) is 0 Å². The number of oxime groups is 1. The van der Waals surface area contributed by atoms with Crippen molar-refractivity contribution < 1.29 is 14.7 Å². The van der Waals surface area contributed by atoms with Crippen molar-refractivity contribution in [2.45, 2.75) is 0 Å². The number of nitrogens with one attached hydrogen (secondary N) is 1. The zero-order valence-electron chi connectivity index (χ0n) is 11.5. The van der Waals surface area contributed by atoms with Crippen LogP contribution in [0.2, 0.25) is 0 Å². The van der Waals surface area contributed by atoms with Crippen molar-refractivity contribution in [1.29, 1.82) is 0 Å². The molecular weight excluding hydrogens is 290 g/mol. The second-order valence-electron chi connectivity index (χ2n) is 4.02. The van der Waals surface area contributed by atoms with Gasteiger partial charge >= 0.3 is 5.97 Å². The van der Waals surface area contributed by atoms with Crippen LogP contribution >= 0.6 is 0 Å². The Morgan fingerprint density at radius 3 is 2.82 bits per heavy atom. The van der Waals surface area contributed by atoms with E-state index in [9.17, 15) is 4.79 Å². The van der Waals surface area contributed by atoms with Crippen LogP contribution in [0.3, 0.4) is 0 Å². The van der Waals surface area contributed by atoms with Crippen molar-refractivity contribution in [2.24, 2.45) is 10.9 Å². The van der Waals surface area contributed by atoms with Gasteiger partial charge in [-0.05, 0) is 18.2 Å². The van der Waals surface area contributed by atoms with Crippen molar-refractivity contribution >= 4 is 29.4 Å². The van der Waals surface area contributed by atoms with Crippen molar-refractivity contribution in [3.63, 3.8) is 0 Å². The number of carbonyl (C=O) groups is 1. The van der Waals surface area contributed by atoms with Gasteiger partial charge in [-0.1, -0.05) is 11.2 Å². The summed E-state index contributed by atoms with van der Waals surface area (Å²) in [5, 5.41) is 14.3. The van der Waals surface area contributed by atoms with Crippen LogP contribution < -0.4 is 16.8 Å². The molecule has 6 N–H and O–H groups in total. The highest BCUT2D eigenvalue weighted by atomic mass is 16.5. The number of anilines is 3. The Bertz CT molecular complexity index is 732. The first-order chi connectivity index (χ1) is 10.5. The first kappa shape index (κ1) is 15.0. The number of amidine groups is 1. The van der Waals surface area contributed by atoms with E-state index in [2.05, 4.69) is 30.2 Å². The van der Waals surface area contributed by atoms with E-state index in [1.54, 1.807) is 24.3 Å². The SMILES string of the molecule is COC(=O)c1cccc(Nc2nc(N)nc(/C(N)=N/O)n2)c1. The fourth-order valence-electron chi connectivity index (χ4n) is 1.58. The third-order valence-corrected chi connectivity index (χ3v) is 2.53. The molecule has 0 fully saturated rings. The number of ether oxygens (including phenoxy) is 1. The minimum Gasteiger partial charge on any atom is -0.465 e. The highest BCUT2D eigenvalue weighted by Gasteiger charge is 2.10. The molecule has 1 aromatic heterocycles. The molecule has 0 bridgehead atoms. The second-order valence-corrected chi connectivity index (χ2v) is 4.02. The molecule has 0 aliphatic heterocycles. The summed E-state index contributed by atoms with van der Waals surface area (Å²) in [5.74, 6) is -0.891. The standard InChI is InChI=1S/C12H13N7O3/c1-22-10(20)6-3-2-4-7(5-6)15-12-17-9(8(13)19-21)16-11(14)18-12/h2-5,21H,1H3,(H2,13,19)(H3,14,15,16,17,18). The summed E-state index contributed by atoms with van der Waals surface area (Å²) in [6.45, 7) is 0. The predicted molar refractivity (Wildman–Crippen MR) is 77.8 cm³/mol. The van der Waals surface area contributed by atoms with Crippen LogP contribution in [0.15, 0.2) is 29.4 Å². The normalized spacial score (nSPS) is 11.0. The number of aromatic nitrogens is 3. The number of benzene rings is 1. The largest absolute Gasteiger partial charge is 0.465 e. The van der Waals surface area contributed by atoms with E-state index < -0.39 is 5.97 Å². The lowest BCUT2D eigenvalue weighted by Crippen LogP contribution is -2.19. The summed E-state index contributed by atoms with van der Waals surface area (Å²) in [4.78, 5) is 23.0. The van der Waals surface area contributed by atoms with E-state index in [1.807, 2.05) is 0 Å². The van der Waals surface area contributed by atoms with Gasteiger partial charge < -0.3 is 26.7 Å². The molecule has 2 aromatic rings. The summed E-state index contributed by atoms with van der Waals surface area (Å²) in [6.07, 6.45) is 0. The molecule has 114 valence electrons. The number of rotatable bonds is 4. The third-order valence-electron chi connectivity index (χ3n) is 2.53. The molecule has 10 heteroatoms. The molecule has 0 spiro atoms. The predicted octanol–water partition coefficient (Wildman–Crippen LogP) is 0.0785. The fraction of sp³-hybridized carbons (Fsp3) is 0.0833. The van der Waals surface area contributed by atoms with Gasteiger partial charge in [0.05, 0.1) is 12.7 Å². The highest BCUT2D eigenvalue weighted by molar-refractivity contribution is 5.94. The number of esters is 1. The first-order valence-corrected chi connectivity index (χ1v) is 5.98. The summed E-state index contributed by atoms with van der Waals surface area (Å²) in [7, 11) is 1.29. The maximum atomic E-state index is 11.5. The molecule has 1 heterocycles. The molecule has 0 atom stereocenters. The van der Waals surface area contributed by atoms with Gasteiger partial charge in [-0.2, -0.15) is 15.0 Å². The van der Waals surface area contributed by atoms with Gasteiger partial charge in [0.25, 0.3) is 0 Å². The molecular formula is C12H13N7O3. The van der Waals surface area contributed by atoms with Crippen LogP contribution in [-0.2, 0) is 4.74 Å². The Morgan fingerprint density at radius 1 is 1.36 bits per heavy atom. The maximum absolute atomic E-state index is 11.5. The maximum Gasteiger partial charge on any atom is 0.337 e. The van der Waals surface area contributed by atoms with Crippen LogP contribution in [-0.4, -0.2) is 39.1 Å². The number of hydrogen-bond acceptors (Lipinski definition) is 9. The molecule has 0 amide bonds. The molecule has 0 unspecified atom stereocenters.